The van der Waals surface area contributed by atoms with E-state index in [2.05, 4.69) is 10.4 Å². The molecule has 0 saturated heterocycles. The number of hydrogen-bond donors (Lipinski definition) is 2. The van der Waals surface area contributed by atoms with Crippen molar-refractivity contribution in [3.05, 3.63) is 12.4 Å². The third kappa shape index (κ3) is 2.05. The van der Waals surface area contributed by atoms with Crippen LogP contribution in [0.4, 0.5) is 5.69 Å². The Morgan fingerprint density at radius 1 is 1.82 bits per heavy atom. The summed E-state index contributed by atoms with van der Waals surface area (Å²) in [6.07, 6.45) is 3.91. The number of nitrogens with one attached hydrogen (secondary N) is 1. The van der Waals surface area contributed by atoms with Crippen LogP contribution in [0.15, 0.2) is 12.4 Å². The number of anilines is 1. The molecule has 1 rings (SSSR count). The molecule has 0 saturated carbocycles. The number of carbonyl (C=O) groups excluding carboxylic acids is 1. The molecule has 0 aliphatic carbocycles. The zero-order valence-electron chi connectivity index (χ0n) is 6.03. The molecular weight excluding hydrogens is 144 g/mol. The lowest BCUT2D eigenvalue weighted by Gasteiger charge is -1.94. The Bertz CT molecular complexity index is 232. The van der Waals surface area contributed by atoms with Gasteiger partial charge in [0.1, 0.15) is 0 Å². The van der Waals surface area contributed by atoms with Crippen LogP contribution in [0.25, 0.3) is 0 Å². The maximum Gasteiger partial charge on any atom is 0.211 e. The number of rotatable bonds is 4. The highest BCUT2D eigenvalue weighted by Crippen LogP contribution is 2.01. The number of nitrogens with zero attached hydrogens (tertiary/aromatic N) is 2. The quantitative estimate of drug-likeness (QED) is 0.569. The first-order chi connectivity index (χ1) is 5.36. The molecule has 0 bridgehead atoms. The van der Waals surface area contributed by atoms with E-state index in [9.17, 15) is 4.79 Å². The van der Waals surface area contributed by atoms with Crippen LogP contribution < -0.4 is 11.1 Å². The van der Waals surface area contributed by atoms with Crippen molar-refractivity contribution in [2.24, 2.45) is 5.73 Å². The molecule has 1 aromatic heterocycles. The SMILES string of the molecule is NCCn1cc(NC=O)cn1. The lowest BCUT2D eigenvalue weighted by atomic mass is 10.6. The van der Waals surface area contributed by atoms with Crippen LogP contribution in [0.2, 0.25) is 0 Å². The average Bonchev–Trinajstić information content (AvgIpc) is 2.38. The van der Waals surface area contributed by atoms with Crippen LogP contribution in [-0.4, -0.2) is 22.7 Å². The number of nitrogens with two attached hydrogens (primary N) is 1. The Kier molecular flexibility index (Phi) is 2.62. The van der Waals surface area contributed by atoms with Crippen LogP contribution in [0.5, 0.6) is 0 Å². The molecule has 0 unspecified atom stereocenters. The van der Waals surface area contributed by atoms with E-state index in [1.807, 2.05) is 0 Å². The largest absolute Gasteiger partial charge is 0.329 e. The van der Waals surface area contributed by atoms with Crippen LogP contribution in [0.1, 0.15) is 0 Å². The fraction of sp³-hybridized carbons (Fsp3) is 0.333. The zero-order chi connectivity index (χ0) is 8.10. The number of hydrogen-bond acceptors (Lipinski definition) is 3. The van der Waals surface area contributed by atoms with Crippen molar-refractivity contribution >= 4 is 12.1 Å². The molecule has 3 N–H and O–H groups in total. The lowest BCUT2D eigenvalue weighted by Crippen LogP contribution is -2.09. The van der Waals surface area contributed by atoms with E-state index in [4.69, 9.17) is 5.73 Å². The fourth-order valence-corrected chi connectivity index (χ4v) is 0.761. The van der Waals surface area contributed by atoms with Gasteiger partial charge in [-0.3, -0.25) is 9.48 Å². The van der Waals surface area contributed by atoms with Crippen LogP contribution in [0.3, 0.4) is 0 Å². The van der Waals surface area contributed by atoms with Gasteiger partial charge in [-0.15, -0.1) is 0 Å². The van der Waals surface area contributed by atoms with Gasteiger partial charge in [0.2, 0.25) is 6.41 Å². The summed E-state index contributed by atoms with van der Waals surface area (Å²) in [5.74, 6) is 0. The first-order valence-corrected chi connectivity index (χ1v) is 3.29. The van der Waals surface area contributed by atoms with Gasteiger partial charge in [-0.05, 0) is 0 Å². The minimum atomic E-state index is 0.544. The van der Waals surface area contributed by atoms with E-state index in [0.717, 1.165) is 0 Å². The Labute approximate surface area is 64.2 Å². The summed E-state index contributed by atoms with van der Waals surface area (Å²) in [6, 6.07) is 0. The van der Waals surface area contributed by atoms with Gasteiger partial charge in [-0.2, -0.15) is 5.10 Å². The van der Waals surface area contributed by atoms with Gasteiger partial charge in [-0.1, -0.05) is 0 Å². The first-order valence-electron chi connectivity index (χ1n) is 3.29. The topological polar surface area (TPSA) is 72.9 Å². The van der Waals surface area contributed by atoms with Crippen molar-refractivity contribution in [1.82, 2.24) is 9.78 Å². The van der Waals surface area contributed by atoms with Gasteiger partial charge in [0.25, 0.3) is 0 Å². The molecule has 0 aliphatic rings. The predicted octanol–water partition coefficient (Wildman–Crippen LogP) is -0.590. The molecule has 11 heavy (non-hydrogen) atoms. The summed E-state index contributed by atoms with van der Waals surface area (Å²) in [5, 5.41) is 6.42. The summed E-state index contributed by atoms with van der Waals surface area (Å²) in [6.45, 7) is 1.21. The Morgan fingerprint density at radius 2 is 2.64 bits per heavy atom. The minimum absolute atomic E-state index is 0.544. The van der Waals surface area contributed by atoms with Gasteiger partial charge in [0.15, 0.2) is 0 Å². The molecule has 1 aromatic rings. The van der Waals surface area contributed by atoms with E-state index in [1.165, 1.54) is 0 Å². The summed E-state index contributed by atoms with van der Waals surface area (Å²) >= 11 is 0. The summed E-state index contributed by atoms with van der Waals surface area (Å²) in [7, 11) is 0. The Hall–Kier alpha value is -1.36. The molecule has 0 aliphatic heterocycles. The second kappa shape index (κ2) is 3.72. The first kappa shape index (κ1) is 7.74. The van der Waals surface area contributed by atoms with E-state index >= 15 is 0 Å². The molecule has 0 aromatic carbocycles. The normalized spacial score (nSPS) is 9.55. The Morgan fingerprint density at radius 3 is 3.27 bits per heavy atom. The second-order valence-corrected chi connectivity index (χ2v) is 2.04. The molecule has 0 fully saturated rings. The fourth-order valence-electron chi connectivity index (χ4n) is 0.761. The van der Waals surface area contributed by atoms with E-state index in [1.54, 1.807) is 17.1 Å². The van der Waals surface area contributed by atoms with Crippen molar-refractivity contribution < 1.29 is 4.79 Å². The van der Waals surface area contributed by atoms with Crippen LogP contribution in [0, 0.1) is 0 Å². The highest BCUT2D eigenvalue weighted by Gasteiger charge is 1.94. The standard InChI is InChI=1S/C6H10N4O/c7-1-2-10-4-6(3-9-10)8-5-11/h3-5H,1-2,7H2,(H,8,11). The molecule has 1 amide bonds. The van der Waals surface area contributed by atoms with Crippen molar-refractivity contribution in [2.75, 3.05) is 11.9 Å². The molecule has 1 heterocycles. The third-order valence-corrected chi connectivity index (χ3v) is 1.22. The molecule has 0 radical (unpaired) electrons. The predicted molar refractivity (Wildman–Crippen MR) is 41.0 cm³/mol. The van der Waals surface area contributed by atoms with Gasteiger partial charge in [-0.25, -0.2) is 0 Å². The Balaban J connectivity index is 2.57. The minimum Gasteiger partial charge on any atom is -0.329 e. The number of aromatic nitrogens is 2. The molecule has 5 nitrogen and oxygen atoms in total. The summed E-state index contributed by atoms with van der Waals surface area (Å²) in [5.41, 5.74) is 5.98. The highest BCUT2D eigenvalue weighted by molar-refractivity contribution is 5.69. The molecular formula is C6H10N4O. The second-order valence-electron chi connectivity index (χ2n) is 2.04. The maximum atomic E-state index is 9.97. The van der Waals surface area contributed by atoms with Crippen molar-refractivity contribution in [3.63, 3.8) is 0 Å². The smallest absolute Gasteiger partial charge is 0.211 e. The molecule has 60 valence electrons. The lowest BCUT2D eigenvalue weighted by molar-refractivity contribution is -0.105. The van der Waals surface area contributed by atoms with Gasteiger partial charge >= 0.3 is 0 Å². The zero-order valence-corrected chi connectivity index (χ0v) is 6.03. The third-order valence-electron chi connectivity index (χ3n) is 1.22. The average molecular weight is 154 g/mol. The van der Waals surface area contributed by atoms with E-state index < -0.39 is 0 Å². The maximum absolute atomic E-state index is 9.97. The summed E-state index contributed by atoms with van der Waals surface area (Å²) in [4.78, 5) is 9.97. The van der Waals surface area contributed by atoms with Gasteiger partial charge in [0.05, 0.1) is 18.4 Å². The van der Waals surface area contributed by atoms with E-state index in [-0.39, 0.29) is 0 Å². The van der Waals surface area contributed by atoms with Gasteiger partial charge < -0.3 is 11.1 Å². The summed E-state index contributed by atoms with van der Waals surface area (Å²) < 4.78 is 1.67. The van der Waals surface area contributed by atoms with Crippen molar-refractivity contribution in [3.8, 4) is 0 Å². The van der Waals surface area contributed by atoms with Crippen LogP contribution >= 0.6 is 0 Å². The number of amides is 1. The van der Waals surface area contributed by atoms with Gasteiger partial charge in [0, 0.05) is 12.7 Å². The van der Waals surface area contributed by atoms with Crippen molar-refractivity contribution in [1.29, 1.82) is 0 Å². The van der Waals surface area contributed by atoms with Crippen molar-refractivity contribution in [2.45, 2.75) is 6.54 Å². The number of carbonyl (C=O) groups is 1. The highest BCUT2D eigenvalue weighted by atomic mass is 16.1. The molecule has 5 heteroatoms. The van der Waals surface area contributed by atoms with E-state index in [0.29, 0.717) is 25.2 Å². The van der Waals surface area contributed by atoms with Crippen LogP contribution in [-0.2, 0) is 11.3 Å². The molecule has 0 atom stereocenters. The molecule has 0 spiro atoms. The monoisotopic (exact) mass is 154 g/mol.